The molecule has 0 bridgehead atoms. The fourth-order valence-electron chi connectivity index (χ4n) is 2.96. The highest BCUT2D eigenvalue weighted by molar-refractivity contribution is 5.94. The molecule has 0 rings (SSSR count). The molecule has 0 saturated carbocycles. The van der Waals surface area contributed by atoms with Crippen LogP contribution in [0.4, 0.5) is 0 Å². The lowest BCUT2D eigenvalue weighted by atomic mass is 10.00. The van der Waals surface area contributed by atoms with E-state index in [1.54, 1.807) is 13.8 Å². The number of nitrogens with zero attached hydrogens (tertiary/aromatic N) is 1. The molecule has 13 heteroatoms. The molecule has 34 heavy (non-hydrogen) atoms. The zero-order chi connectivity index (χ0) is 26.6. The number of carboxylic acid groups (broad SMARTS) is 1. The molecule has 0 fully saturated rings. The second-order valence-corrected chi connectivity index (χ2v) is 9.04. The summed E-state index contributed by atoms with van der Waals surface area (Å²) in [6.07, 6.45) is -0.711. The van der Waals surface area contributed by atoms with E-state index in [4.69, 9.17) is 17.2 Å². The molecule has 0 heterocycles. The molecular formula is C21H41N7O6. The van der Waals surface area contributed by atoms with E-state index in [9.17, 15) is 29.4 Å². The number of carbonyl (C=O) groups excluding carboxylic acids is 3. The molecule has 11 N–H and O–H groups in total. The van der Waals surface area contributed by atoms with Crippen molar-refractivity contribution in [2.75, 3.05) is 6.54 Å². The van der Waals surface area contributed by atoms with Crippen LogP contribution in [0.3, 0.4) is 0 Å². The minimum atomic E-state index is -1.57. The van der Waals surface area contributed by atoms with Crippen LogP contribution in [0, 0.1) is 11.8 Å². The predicted octanol–water partition coefficient (Wildman–Crippen LogP) is -2.01. The number of aliphatic hydroxyl groups excluding tert-OH is 1. The van der Waals surface area contributed by atoms with Gasteiger partial charge in [0, 0.05) is 6.54 Å². The minimum Gasteiger partial charge on any atom is -0.480 e. The quantitative estimate of drug-likeness (QED) is 0.0722. The maximum atomic E-state index is 13.0. The molecule has 0 aliphatic rings. The van der Waals surface area contributed by atoms with Crippen LogP contribution in [0.5, 0.6) is 0 Å². The minimum absolute atomic E-state index is 0.0343. The van der Waals surface area contributed by atoms with Gasteiger partial charge in [-0.15, -0.1) is 0 Å². The van der Waals surface area contributed by atoms with Gasteiger partial charge in [0.05, 0.1) is 12.1 Å². The Hall–Kier alpha value is -2.93. The van der Waals surface area contributed by atoms with E-state index in [0.29, 0.717) is 6.42 Å². The van der Waals surface area contributed by atoms with Crippen LogP contribution >= 0.6 is 0 Å². The molecule has 0 aliphatic heterocycles. The number of hydrogen-bond acceptors (Lipinski definition) is 7. The van der Waals surface area contributed by atoms with Crippen LogP contribution in [-0.2, 0) is 19.2 Å². The number of aliphatic imine (C=N–C) groups is 1. The monoisotopic (exact) mass is 487 g/mol. The summed E-state index contributed by atoms with van der Waals surface area (Å²) >= 11 is 0. The predicted molar refractivity (Wildman–Crippen MR) is 127 cm³/mol. The Morgan fingerprint density at radius 3 is 1.85 bits per heavy atom. The molecule has 0 aromatic heterocycles. The number of aliphatic carboxylic acids is 1. The third-order valence-electron chi connectivity index (χ3n) is 4.99. The van der Waals surface area contributed by atoms with Gasteiger partial charge in [-0.1, -0.05) is 27.7 Å². The number of carboxylic acids is 1. The van der Waals surface area contributed by atoms with Gasteiger partial charge in [0.1, 0.15) is 12.1 Å². The molecule has 5 atom stereocenters. The standard InChI is InChI=1S/C21H41N7O6/c1-10(2)9-14(27-19(32)15(22)11(3)4)18(31)26-13(7-6-8-25-21(23)24)17(30)28-16(12(5)29)20(33)34/h10-16,29H,6-9,22H2,1-5H3,(H,26,31)(H,27,32)(H,28,30)(H,33,34)(H4,23,24,25). The lowest BCUT2D eigenvalue weighted by Gasteiger charge is -2.27. The number of hydrogen-bond donors (Lipinski definition) is 8. The molecular weight excluding hydrogens is 446 g/mol. The van der Waals surface area contributed by atoms with E-state index in [1.165, 1.54) is 6.92 Å². The lowest BCUT2D eigenvalue weighted by molar-refractivity contribution is -0.145. The highest BCUT2D eigenvalue weighted by Gasteiger charge is 2.32. The van der Waals surface area contributed by atoms with Crippen LogP contribution in [0.15, 0.2) is 4.99 Å². The van der Waals surface area contributed by atoms with Gasteiger partial charge < -0.3 is 43.4 Å². The van der Waals surface area contributed by atoms with Crippen molar-refractivity contribution in [3.8, 4) is 0 Å². The van der Waals surface area contributed by atoms with Gasteiger partial charge in [-0.25, -0.2) is 4.79 Å². The van der Waals surface area contributed by atoms with Gasteiger partial charge in [-0.05, 0) is 38.0 Å². The van der Waals surface area contributed by atoms with Crippen LogP contribution < -0.4 is 33.2 Å². The number of carbonyl (C=O) groups is 4. The number of rotatable bonds is 15. The van der Waals surface area contributed by atoms with E-state index >= 15 is 0 Å². The lowest BCUT2D eigenvalue weighted by Crippen LogP contribution is -2.58. The van der Waals surface area contributed by atoms with Crippen molar-refractivity contribution >= 4 is 29.7 Å². The first kappa shape index (κ1) is 31.1. The van der Waals surface area contributed by atoms with Crippen LogP contribution in [0.25, 0.3) is 0 Å². The van der Waals surface area contributed by atoms with Gasteiger partial charge in [0.25, 0.3) is 0 Å². The third-order valence-corrected chi connectivity index (χ3v) is 4.99. The number of nitrogens with one attached hydrogen (secondary N) is 3. The number of aliphatic hydroxyl groups is 1. The van der Waals surface area contributed by atoms with Crippen molar-refractivity contribution in [2.45, 2.75) is 84.2 Å². The zero-order valence-electron chi connectivity index (χ0n) is 20.6. The fraction of sp³-hybridized carbons (Fsp3) is 0.762. The maximum Gasteiger partial charge on any atom is 0.328 e. The average molecular weight is 488 g/mol. The summed E-state index contributed by atoms with van der Waals surface area (Å²) in [6, 6.07) is -4.51. The van der Waals surface area contributed by atoms with Crippen molar-refractivity contribution in [3.05, 3.63) is 0 Å². The van der Waals surface area contributed by atoms with E-state index in [-0.39, 0.29) is 37.2 Å². The van der Waals surface area contributed by atoms with Crippen molar-refractivity contribution < 1.29 is 29.4 Å². The Labute approximate surface area is 200 Å². The SMILES string of the molecule is CC(C)CC(NC(=O)C(N)C(C)C)C(=O)NC(CCCN=C(N)N)C(=O)NC(C(=O)O)C(C)O. The van der Waals surface area contributed by atoms with Crippen LogP contribution in [-0.4, -0.2) is 76.7 Å². The largest absolute Gasteiger partial charge is 0.480 e. The molecule has 0 aromatic carbocycles. The Kier molecular flexibility index (Phi) is 13.8. The number of guanidine groups is 1. The van der Waals surface area contributed by atoms with Gasteiger partial charge in [-0.3, -0.25) is 19.4 Å². The molecule has 0 radical (unpaired) electrons. The summed E-state index contributed by atoms with van der Waals surface area (Å²) in [6.45, 7) is 8.69. The first-order valence-electron chi connectivity index (χ1n) is 11.3. The molecule has 0 aliphatic carbocycles. The fourth-order valence-corrected chi connectivity index (χ4v) is 2.96. The highest BCUT2D eigenvalue weighted by Crippen LogP contribution is 2.09. The topological polar surface area (TPSA) is 235 Å². The first-order chi connectivity index (χ1) is 15.7. The second kappa shape index (κ2) is 15.1. The molecule has 5 unspecified atom stereocenters. The van der Waals surface area contributed by atoms with Gasteiger partial charge in [-0.2, -0.15) is 0 Å². The summed E-state index contributed by atoms with van der Waals surface area (Å²) in [4.78, 5) is 53.5. The van der Waals surface area contributed by atoms with Crippen molar-refractivity contribution in [3.63, 3.8) is 0 Å². The summed E-state index contributed by atoms with van der Waals surface area (Å²) < 4.78 is 0. The van der Waals surface area contributed by atoms with Crippen molar-refractivity contribution in [1.29, 1.82) is 0 Å². The van der Waals surface area contributed by atoms with Crippen molar-refractivity contribution in [2.24, 2.45) is 34.0 Å². The number of amides is 3. The zero-order valence-corrected chi connectivity index (χ0v) is 20.6. The smallest absolute Gasteiger partial charge is 0.328 e. The van der Waals surface area contributed by atoms with Crippen molar-refractivity contribution in [1.82, 2.24) is 16.0 Å². The van der Waals surface area contributed by atoms with Gasteiger partial charge in [0.2, 0.25) is 17.7 Å². The third kappa shape index (κ3) is 11.8. The molecule has 196 valence electrons. The summed E-state index contributed by atoms with van der Waals surface area (Å²) in [5.74, 6) is -3.60. The van der Waals surface area contributed by atoms with E-state index in [0.717, 1.165) is 0 Å². The summed E-state index contributed by atoms with van der Waals surface area (Å²) in [5, 5.41) is 26.4. The van der Waals surface area contributed by atoms with E-state index in [2.05, 4.69) is 20.9 Å². The summed E-state index contributed by atoms with van der Waals surface area (Å²) in [5.41, 5.74) is 16.5. The Bertz CT molecular complexity index is 722. The van der Waals surface area contributed by atoms with Crippen LogP contribution in [0.2, 0.25) is 0 Å². The molecule has 13 nitrogen and oxygen atoms in total. The van der Waals surface area contributed by atoms with Crippen LogP contribution in [0.1, 0.15) is 53.9 Å². The van der Waals surface area contributed by atoms with Gasteiger partial charge >= 0.3 is 5.97 Å². The molecule has 3 amide bonds. The Balaban J connectivity index is 5.62. The summed E-state index contributed by atoms with van der Waals surface area (Å²) in [7, 11) is 0. The Morgan fingerprint density at radius 1 is 0.882 bits per heavy atom. The molecule has 0 saturated heterocycles. The molecule has 0 aromatic rings. The highest BCUT2D eigenvalue weighted by atomic mass is 16.4. The first-order valence-corrected chi connectivity index (χ1v) is 11.3. The maximum absolute atomic E-state index is 13.0. The van der Waals surface area contributed by atoms with E-state index in [1.807, 2.05) is 13.8 Å². The number of nitrogens with two attached hydrogens (primary N) is 3. The Morgan fingerprint density at radius 2 is 1.41 bits per heavy atom. The van der Waals surface area contributed by atoms with Gasteiger partial charge in [0.15, 0.2) is 12.0 Å². The van der Waals surface area contributed by atoms with E-state index < -0.39 is 54.0 Å². The second-order valence-electron chi connectivity index (χ2n) is 9.04. The average Bonchev–Trinajstić information content (AvgIpc) is 2.71. The molecule has 0 spiro atoms. The normalized spacial score (nSPS) is 15.6.